The Kier molecular flexibility index (Phi) is 4.32. The molecule has 0 saturated carbocycles. The zero-order chi connectivity index (χ0) is 16.4. The first kappa shape index (κ1) is 15.5. The van der Waals surface area contributed by atoms with Crippen LogP contribution in [0.4, 0.5) is 5.69 Å². The maximum Gasteiger partial charge on any atom is 0.261 e. The molecule has 0 atom stereocenters. The van der Waals surface area contributed by atoms with E-state index in [2.05, 4.69) is 15.5 Å². The monoisotopic (exact) mass is 347 g/mol. The van der Waals surface area contributed by atoms with Crippen LogP contribution in [0.5, 0.6) is 0 Å². The van der Waals surface area contributed by atoms with Crippen molar-refractivity contribution in [2.75, 3.05) is 5.32 Å². The molecule has 0 radical (unpaired) electrons. The van der Waals surface area contributed by atoms with Crippen LogP contribution in [0.1, 0.15) is 16.1 Å². The second-order valence-electron chi connectivity index (χ2n) is 4.75. The van der Waals surface area contributed by atoms with Gasteiger partial charge in [-0.25, -0.2) is 0 Å². The predicted molar refractivity (Wildman–Crippen MR) is 88.9 cm³/mol. The molecule has 0 aliphatic heterocycles. The lowest BCUT2D eigenvalue weighted by Gasteiger charge is -2.07. The number of amides is 1. The van der Waals surface area contributed by atoms with E-state index in [4.69, 9.17) is 27.7 Å². The molecule has 2 heterocycles. The molecule has 3 aromatic rings. The third kappa shape index (κ3) is 3.06. The number of anilines is 1. The fourth-order valence-corrected chi connectivity index (χ4v) is 2.74. The summed E-state index contributed by atoms with van der Waals surface area (Å²) in [7, 11) is 0. The highest BCUT2D eigenvalue weighted by molar-refractivity contribution is 6.39. The Morgan fingerprint density at radius 3 is 2.57 bits per heavy atom. The van der Waals surface area contributed by atoms with Crippen molar-refractivity contribution in [1.29, 1.82) is 0 Å². The van der Waals surface area contributed by atoms with Crippen molar-refractivity contribution in [3.05, 3.63) is 64.1 Å². The van der Waals surface area contributed by atoms with E-state index in [-0.39, 0.29) is 11.5 Å². The number of halogens is 2. The fourth-order valence-electron chi connectivity index (χ4n) is 2.16. The van der Waals surface area contributed by atoms with Gasteiger partial charge in [-0.2, -0.15) is 0 Å². The summed E-state index contributed by atoms with van der Waals surface area (Å²) in [5, 5.41) is 7.48. The molecule has 1 aromatic carbocycles. The van der Waals surface area contributed by atoms with Gasteiger partial charge in [-0.1, -0.05) is 34.4 Å². The second-order valence-corrected chi connectivity index (χ2v) is 5.57. The lowest BCUT2D eigenvalue weighted by atomic mass is 10.1. The minimum atomic E-state index is -0.372. The maximum absolute atomic E-state index is 12.6. The summed E-state index contributed by atoms with van der Waals surface area (Å²) in [5.41, 5.74) is 1.61. The SMILES string of the molecule is Cc1onc(-c2c(Cl)cccc2Cl)c1C(=O)Nc1cccnc1. The summed E-state index contributed by atoms with van der Waals surface area (Å²) in [4.78, 5) is 16.5. The van der Waals surface area contributed by atoms with E-state index < -0.39 is 0 Å². The Bertz CT molecular complexity index is 843. The fraction of sp³-hybridized carbons (Fsp3) is 0.0625. The van der Waals surface area contributed by atoms with Crippen molar-refractivity contribution in [2.45, 2.75) is 6.92 Å². The third-order valence-corrected chi connectivity index (χ3v) is 3.84. The van der Waals surface area contributed by atoms with Crippen molar-refractivity contribution < 1.29 is 9.32 Å². The van der Waals surface area contributed by atoms with E-state index in [9.17, 15) is 4.79 Å². The molecule has 0 spiro atoms. The van der Waals surface area contributed by atoms with Crippen LogP contribution < -0.4 is 5.32 Å². The lowest BCUT2D eigenvalue weighted by Crippen LogP contribution is -2.13. The Labute approximate surface area is 142 Å². The van der Waals surface area contributed by atoms with Crippen LogP contribution in [0, 0.1) is 6.92 Å². The van der Waals surface area contributed by atoms with Crippen LogP contribution in [-0.2, 0) is 0 Å². The Hall–Kier alpha value is -2.37. The number of carbonyl (C=O) groups excluding carboxylic acids is 1. The number of hydrogen-bond donors (Lipinski definition) is 1. The summed E-state index contributed by atoms with van der Waals surface area (Å²) in [6.45, 7) is 1.65. The molecule has 0 saturated heterocycles. The molecule has 3 rings (SSSR count). The molecular weight excluding hydrogens is 337 g/mol. The van der Waals surface area contributed by atoms with Gasteiger partial charge in [-0.05, 0) is 31.2 Å². The Morgan fingerprint density at radius 2 is 1.91 bits per heavy atom. The van der Waals surface area contributed by atoms with Gasteiger partial charge in [-0.3, -0.25) is 9.78 Å². The highest BCUT2D eigenvalue weighted by Crippen LogP contribution is 2.36. The van der Waals surface area contributed by atoms with Gasteiger partial charge in [0, 0.05) is 11.8 Å². The molecule has 0 aliphatic rings. The van der Waals surface area contributed by atoms with Crippen molar-refractivity contribution in [2.24, 2.45) is 0 Å². The molecule has 116 valence electrons. The van der Waals surface area contributed by atoms with E-state index in [0.717, 1.165) is 0 Å². The first-order valence-corrected chi connectivity index (χ1v) is 7.45. The van der Waals surface area contributed by atoms with Gasteiger partial charge in [-0.15, -0.1) is 0 Å². The highest BCUT2D eigenvalue weighted by Gasteiger charge is 2.24. The van der Waals surface area contributed by atoms with Crippen molar-refractivity contribution in [1.82, 2.24) is 10.1 Å². The summed E-state index contributed by atoms with van der Waals surface area (Å²) in [6.07, 6.45) is 3.16. The van der Waals surface area contributed by atoms with E-state index in [1.165, 1.54) is 0 Å². The zero-order valence-corrected chi connectivity index (χ0v) is 13.5. The molecule has 0 unspecified atom stereocenters. The molecule has 0 fully saturated rings. The molecule has 5 nitrogen and oxygen atoms in total. The van der Waals surface area contributed by atoms with Gasteiger partial charge in [0.25, 0.3) is 5.91 Å². The maximum atomic E-state index is 12.6. The topological polar surface area (TPSA) is 68.0 Å². The first-order valence-electron chi connectivity index (χ1n) is 6.70. The minimum absolute atomic E-state index is 0.281. The van der Waals surface area contributed by atoms with Gasteiger partial charge in [0.2, 0.25) is 0 Å². The number of benzene rings is 1. The lowest BCUT2D eigenvalue weighted by molar-refractivity contribution is 0.102. The predicted octanol–water partition coefficient (Wildman–Crippen LogP) is 4.60. The summed E-state index contributed by atoms with van der Waals surface area (Å²) in [6, 6.07) is 8.53. The van der Waals surface area contributed by atoms with E-state index in [1.807, 2.05) is 0 Å². The number of aryl methyl sites for hydroxylation is 1. The largest absolute Gasteiger partial charge is 0.360 e. The third-order valence-electron chi connectivity index (χ3n) is 3.21. The summed E-state index contributed by atoms with van der Waals surface area (Å²) >= 11 is 12.4. The minimum Gasteiger partial charge on any atom is -0.360 e. The van der Waals surface area contributed by atoms with Gasteiger partial charge in [0.1, 0.15) is 17.0 Å². The standard InChI is InChI=1S/C16H11Cl2N3O2/c1-9-13(16(22)20-10-4-3-7-19-8-10)15(21-23-9)14-11(17)5-2-6-12(14)18/h2-8H,1H3,(H,20,22). The van der Waals surface area contributed by atoms with Crippen LogP contribution in [0.2, 0.25) is 10.0 Å². The Balaban J connectivity index is 2.04. The van der Waals surface area contributed by atoms with E-state index in [1.54, 1.807) is 49.6 Å². The molecule has 23 heavy (non-hydrogen) atoms. The van der Waals surface area contributed by atoms with Crippen LogP contribution in [-0.4, -0.2) is 16.0 Å². The van der Waals surface area contributed by atoms with Gasteiger partial charge < -0.3 is 9.84 Å². The smallest absolute Gasteiger partial charge is 0.261 e. The number of hydrogen-bond acceptors (Lipinski definition) is 4. The van der Waals surface area contributed by atoms with E-state index >= 15 is 0 Å². The van der Waals surface area contributed by atoms with Crippen LogP contribution in [0.3, 0.4) is 0 Å². The van der Waals surface area contributed by atoms with Crippen molar-refractivity contribution in [3.8, 4) is 11.3 Å². The number of carbonyl (C=O) groups is 1. The van der Waals surface area contributed by atoms with Crippen molar-refractivity contribution >= 4 is 34.8 Å². The van der Waals surface area contributed by atoms with Crippen LogP contribution in [0.25, 0.3) is 11.3 Å². The molecule has 7 heteroatoms. The molecular formula is C16H11Cl2N3O2. The van der Waals surface area contributed by atoms with Crippen LogP contribution in [0.15, 0.2) is 47.2 Å². The van der Waals surface area contributed by atoms with Crippen molar-refractivity contribution in [3.63, 3.8) is 0 Å². The number of pyridine rings is 1. The van der Waals surface area contributed by atoms with Gasteiger partial charge in [0.05, 0.1) is 21.9 Å². The number of nitrogens with one attached hydrogen (secondary N) is 1. The van der Waals surface area contributed by atoms with Gasteiger partial charge >= 0.3 is 0 Å². The Morgan fingerprint density at radius 1 is 1.17 bits per heavy atom. The second kappa shape index (κ2) is 6.40. The normalized spacial score (nSPS) is 10.6. The molecule has 2 aromatic heterocycles. The molecule has 1 amide bonds. The number of rotatable bonds is 3. The zero-order valence-electron chi connectivity index (χ0n) is 12.0. The summed E-state index contributed by atoms with van der Waals surface area (Å²) < 4.78 is 5.18. The molecule has 0 aliphatic carbocycles. The quantitative estimate of drug-likeness (QED) is 0.751. The van der Waals surface area contributed by atoms with Crippen LogP contribution >= 0.6 is 23.2 Å². The average Bonchev–Trinajstić information content (AvgIpc) is 2.90. The highest BCUT2D eigenvalue weighted by atomic mass is 35.5. The average molecular weight is 348 g/mol. The number of nitrogens with zero attached hydrogens (tertiary/aromatic N) is 2. The van der Waals surface area contributed by atoms with Gasteiger partial charge in [0.15, 0.2) is 0 Å². The summed E-state index contributed by atoms with van der Waals surface area (Å²) in [5.74, 6) is 0.000105. The van der Waals surface area contributed by atoms with E-state index in [0.29, 0.717) is 32.8 Å². The number of aromatic nitrogens is 2. The molecule has 0 bridgehead atoms. The first-order chi connectivity index (χ1) is 11.1. The molecule has 1 N–H and O–H groups in total.